The van der Waals surface area contributed by atoms with E-state index in [0.717, 1.165) is 24.1 Å². The monoisotopic (exact) mass is 252 g/mol. The van der Waals surface area contributed by atoms with Crippen LogP contribution in [0.15, 0.2) is 23.0 Å². The summed E-state index contributed by atoms with van der Waals surface area (Å²) >= 11 is 1.87. The van der Waals surface area contributed by atoms with Crippen LogP contribution in [0.25, 0.3) is 11.0 Å². The van der Waals surface area contributed by atoms with E-state index >= 15 is 0 Å². The first-order valence-corrected chi connectivity index (χ1v) is 6.89. The molecular weight excluding hydrogens is 239 g/mol. The molecule has 1 unspecified atom stereocenters. The predicted molar refractivity (Wildman–Crippen MR) is 68.1 cm³/mol. The number of fused-ring (bicyclic) bond motifs is 1. The van der Waals surface area contributed by atoms with Crippen LogP contribution in [-0.4, -0.2) is 21.1 Å². The molecule has 17 heavy (non-hydrogen) atoms. The van der Waals surface area contributed by atoms with Gasteiger partial charge in [0, 0.05) is 11.8 Å². The van der Waals surface area contributed by atoms with E-state index in [-0.39, 0.29) is 17.5 Å². The molecule has 2 heterocycles. The zero-order valence-corrected chi connectivity index (χ0v) is 10.1. The smallest absolute Gasteiger partial charge is 0.305 e. The molecule has 1 N–H and O–H groups in total. The Bertz CT molecular complexity index is 598. The molecule has 3 rings (SSSR count). The number of H-pyrrole nitrogens is 1. The van der Waals surface area contributed by atoms with Crippen LogP contribution in [0.2, 0.25) is 0 Å². The van der Waals surface area contributed by atoms with Gasteiger partial charge >= 0.3 is 5.69 Å². The van der Waals surface area contributed by atoms with E-state index in [4.69, 9.17) is 0 Å². The summed E-state index contributed by atoms with van der Waals surface area (Å²) in [5, 5.41) is 0. The Morgan fingerprint density at radius 1 is 1.47 bits per heavy atom. The lowest BCUT2D eigenvalue weighted by atomic mass is 10.2. The van der Waals surface area contributed by atoms with Crippen molar-refractivity contribution < 1.29 is 4.39 Å². The van der Waals surface area contributed by atoms with Gasteiger partial charge in [-0.25, -0.2) is 9.18 Å². The van der Waals surface area contributed by atoms with Gasteiger partial charge in [0.1, 0.15) is 5.82 Å². The highest BCUT2D eigenvalue weighted by Crippen LogP contribution is 2.28. The summed E-state index contributed by atoms with van der Waals surface area (Å²) in [6.45, 7) is 0. The van der Waals surface area contributed by atoms with Crippen molar-refractivity contribution in [3.05, 3.63) is 34.5 Å². The molecule has 1 fully saturated rings. The molecule has 0 saturated carbocycles. The Morgan fingerprint density at radius 2 is 2.35 bits per heavy atom. The standard InChI is InChI=1S/C12H13FN2OS/c13-8-3-4-11-10(6-8)14-12(16)15(11)9-2-1-5-17-7-9/h3-4,6,9H,1-2,5,7H2,(H,14,16). The van der Waals surface area contributed by atoms with Crippen LogP contribution < -0.4 is 5.69 Å². The van der Waals surface area contributed by atoms with Crippen molar-refractivity contribution in [3.63, 3.8) is 0 Å². The molecule has 3 nitrogen and oxygen atoms in total. The number of aromatic nitrogens is 2. The number of imidazole rings is 1. The molecule has 1 atom stereocenters. The largest absolute Gasteiger partial charge is 0.326 e. The lowest BCUT2D eigenvalue weighted by Gasteiger charge is -2.22. The van der Waals surface area contributed by atoms with Crippen molar-refractivity contribution in [1.29, 1.82) is 0 Å². The van der Waals surface area contributed by atoms with Crippen LogP contribution in [-0.2, 0) is 0 Å². The maximum Gasteiger partial charge on any atom is 0.326 e. The van der Waals surface area contributed by atoms with Gasteiger partial charge in [-0.05, 0) is 36.8 Å². The van der Waals surface area contributed by atoms with Crippen LogP contribution in [0, 0.1) is 5.82 Å². The molecule has 0 spiro atoms. The Morgan fingerprint density at radius 3 is 3.12 bits per heavy atom. The highest BCUT2D eigenvalue weighted by atomic mass is 32.2. The average Bonchev–Trinajstić information content (AvgIpc) is 2.65. The molecule has 5 heteroatoms. The van der Waals surface area contributed by atoms with Crippen molar-refractivity contribution in [3.8, 4) is 0 Å². The Balaban J connectivity index is 2.14. The van der Waals surface area contributed by atoms with Gasteiger partial charge in [-0.1, -0.05) is 0 Å². The van der Waals surface area contributed by atoms with Crippen LogP contribution >= 0.6 is 11.8 Å². The summed E-state index contributed by atoms with van der Waals surface area (Å²) in [4.78, 5) is 14.6. The van der Waals surface area contributed by atoms with Crippen LogP contribution in [0.1, 0.15) is 18.9 Å². The zero-order chi connectivity index (χ0) is 11.8. The van der Waals surface area contributed by atoms with Crippen molar-refractivity contribution in [2.45, 2.75) is 18.9 Å². The maximum atomic E-state index is 13.1. The molecule has 0 aliphatic carbocycles. The maximum absolute atomic E-state index is 13.1. The SMILES string of the molecule is O=c1[nH]c2cc(F)ccc2n1C1CCCSC1. The first-order chi connectivity index (χ1) is 8.25. The minimum absolute atomic E-state index is 0.127. The highest BCUT2D eigenvalue weighted by Gasteiger charge is 2.20. The highest BCUT2D eigenvalue weighted by molar-refractivity contribution is 7.99. The van der Waals surface area contributed by atoms with E-state index < -0.39 is 0 Å². The molecule has 1 saturated heterocycles. The number of rotatable bonds is 1. The molecule has 90 valence electrons. The van der Waals surface area contributed by atoms with Gasteiger partial charge in [0.05, 0.1) is 11.0 Å². The third-order valence-corrected chi connectivity index (χ3v) is 4.38. The molecule has 1 aromatic heterocycles. The summed E-state index contributed by atoms with van der Waals surface area (Å²) < 4.78 is 14.9. The molecule has 1 aliphatic rings. The third-order valence-electron chi connectivity index (χ3n) is 3.18. The second-order valence-electron chi connectivity index (χ2n) is 4.33. The van der Waals surface area contributed by atoms with E-state index in [1.54, 1.807) is 10.6 Å². The summed E-state index contributed by atoms with van der Waals surface area (Å²) in [6.07, 6.45) is 2.16. The molecule has 0 amide bonds. The van der Waals surface area contributed by atoms with Gasteiger partial charge in [0.15, 0.2) is 0 Å². The number of halogens is 1. The topological polar surface area (TPSA) is 37.8 Å². The molecule has 2 aromatic rings. The number of nitrogens with zero attached hydrogens (tertiary/aromatic N) is 1. The number of nitrogens with one attached hydrogen (secondary N) is 1. The third kappa shape index (κ3) is 1.88. The van der Waals surface area contributed by atoms with Crippen LogP contribution in [0.4, 0.5) is 4.39 Å². The Kier molecular flexibility index (Phi) is 2.70. The summed E-state index contributed by atoms with van der Waals surface area (Å²) in [6, 6.07) is 4.70. The van der Waals surface area contributed by atoms with Gasteiger partial charge in [-0.15, -0.1) is 0 Å². The van der Waals surface area contributed by atoms with Gasteiger partial charge < -0.3 is 4.98 Å². The normalized spacial score (nSPS) is 20.9. The second-order valence-corrected chi connectivity index (χ2v) is 5.48. The van der Waals surface area contributed by atoms with E-state index in [1.807, 2.05) is 11.8 Å². The van der Waals surface area contributed by atoms with E-state index in [2.05, 4.69) is 4.98 Å². The predicted octanol–water partition coefficient (Wildman–Crippen LogP) is 2.54. The first-order valence-electron chi connectivity index (χ1n) is 5.73. The Hall–Kier alpha value is -1.23. The summed E-state index contributed by atoms with van der Waals surface area (Å²) in [7, 11) is 0. The number of hydrogen-bond donors (Lipinski definition) is 1. The number of aromatic amines is 1. The lowest BCUT2D eigenvalue weighted by Crippen LogP contribution is -2.25. The van der Waals surface area contributed by atoms with Crippen LogP contribution in [0.5, 0.6) is 0 Å². The fourth-order valence-corrected chi connectivity index (χ4v) is 3.52. The van der Waals surface area contributed by atoms with E-state index in [1.165, 1.54) is 17.9 Å². The van der Waals surface area contributed by atoms with Crippen LogP contribution in [0.3, 0.4) is 0 Å². The molecule has 1 aromatic carbocycles. The van der Waals surface area contributed by atoms with E-state index in [0.29, 0.717) is 5.52 Å². The van der Waals surface area contributed by atoms with Gasteiger partial charge in [-0.3, -0.25) is 4.57 Å². The summed E-state index contributed by atoms with van der Waals surface area (Å²) in [5.41, 5.74) is 1.27. The quantitative estimate of drug-likeness (QED) is 0.847. The van der Waals surface area contributed by atoms with Crippen molar-refractivity contribution >= 4 is 22.8 Å². The summed E-state index contributed by atoms with van der Waals surface area (Å²) in [5.74, 6) is 1.82. The molecular formula is C12H13FN2OS. The van der Waals surface area contributed by atoms with Gasteiger partial charge in [0.25, 0.3) is 0 Å². The second kappa shape index (κ2) is 4.22. The number of thioether (sulfide) groups is 1. The van der Waals surface area contributed by atoms with E-state index in [9.17, 15) is 9.18 Å². The molecule has 0 bridgehead atoms. The fraction of sp³-hybridized carbons (Fsp3) is 0.417. The minimum Gasteiger partial charge on any atom is -0.305 e. The Labute approximate surface area is 102 Å². The van der Waals surface area contributed by atoms with Gasteiger partial charge in [0.2, 0.25) is 0 Å². The van der Waals surface area contributed by atoms with Gasteiger partial charge in [-0.2, -0.15) is 11.8 Å². The number of hydrogen-bond acceptors (Lipinski definition) is 2. The average molecular weight is 252 g/mol. The van der Waals surface area contributed by atoms with Crippen molar-refractivity contribution in [2.75, 3.05) is 11.5 Å². The zero-order valence-electron chi connectivity index (χ0n) is 9.28. The first kappa shape index (κ1) is 10.9. The molecule has 1 aliphatic heterocycles. The fourth-order valence-electron chi connectivity index (χ4n) is 2.39. The van der Waals surface area contributed by atoms with Crippen molar-refractivity contribution in [2.24, 2.45) is 0 Å². The number of benzene rings is 1. The minimum atomic E-state index is -0.316. The lowest BCUT2D eigenvalue weighted by molar-refractivity contribution is 0.499. The molecule has 0 radical (unpaired) electrons. The van der Waals surface area contributed by atoms with Crippen molar-refractivity contribution in [1.82, 2.24) is 9.55 Å².